The van der Waals surface area contributed by atoms with Gasteiger partial charge >= 0.3 is 0 Å². The largest absolute Gasteiger partial charge is 0.331 e. The van der Waals surface area contributed by atoms with Gasteiger partial charge in [-0.1, -0.05) is 41.4 Å². The van der Waals surface area contributed by atoms with Crippen molar-refractivity contribution >= 4 is 96.0 Å². The molecule has 0 bridgehead atoms. The summed E-state index contributed by atoms with van der Waals surface area (Å²) in [6, 6.07) is 4.72. The van der Waals surface area contributed by atoms with Gasteiger partial charge in [-0.3, -0.25) is 18.2 Å². The standard InChI is InChI=1S/C34H37BrClN3O12S4/c1-33(2)26-17-22(36)20-38(13-5-15-52(40,41)42)32(26)37-29(33)11-7-21(35)8-12-30-34(3,4)31-25-18-23(54(46,47)48)19-28(55(49,50)51)24(25)9-10-27(31)39(30)14-6-16-53(43,44)45/h7-12,17-20H,5-6,13-16H2,1-4H3,(H3-,40,41,42,43,44,45,46,47,48,49,50,51)/p+1. The molecular weight excluding hydrogens is 886 g/mol. The van der Waals surface area contributed by atoms with Crippen molar-refractivity contribution in [3.63, 3.8) is 0 Å². The predicted molar refractivity (Wildman–Crippen MR) is 213 cm³/mol. The number of allylic oxidation sites excluding steroid dienone is 8. The van der Waals surface area contributed by atoms with Crippen LogP contribution in [0.1, 0.15) is 46.1 Å². The van der Waals surface area contributed by atoms with Crippen LogP contribution < -0.4 is 0 Å². The highest BCUT2D eigenvalue weighted by Gasteiger charge is 2.46. The minimum Gasteiger partial charge on any atom is -0.331 e. The summed E-state index contributed by atoms with van der Waals surface area (Å²) in [7, 11) is -18.4. The Balaban J connectivity index is 1.57. The molecular formula is C34H38BrClN3O12S4+. The highest BCUT2D eigenvalue weighted by atomic mass is 79.9. The lowest BCUT2D eigenvalue weighted by molar-refractivity contribution is -0.437. The minimum absolute atomic E-state index is 0.0116. The Morgan fingerprint density at radius 1 is 0.891 bits per heavy atom. The summed E-state index contributed by atoms with van der Waals surface area (Å²) in [5, 5.41) is 0.513. The molecule has 2 aromatic rings. The van der Waals surface area contributed by atoms with E-state index in [0.717, 1.165) is 11.6 Å². The molecule has 0 radical (unpaired) electrons. The quantitative estimate of drug-likeness (QED) is 0.107. The number of benzene rings is 2. The summed E-state index contributed by atoms with van der Waals surface area (Å²) in [4.78, 5) is 5.07. The van der Waals surface area contributed by atoms with E-state index in [0.29, 0.717) is 44.1 Å². The summed E-state index contributed by atoms with van der Waals surface area (Å²) in [6.45, 7) is 7.78. The van der Waals surface area contributed by atoms with Gasteiger partial charge in [-0.05, 0) is 68.2 Å². The maximum atomic E-state index is 12.4. The molecule has 3 heterocycles. The number of hydrogen-bond donors (Lipinski definition) is 4. The van der Waals surface area contributed by atoms with Crippen LogP contribution in [0.5, 0.6) is 0 Å². The SMILES string of the molecule is CC1(C)C2=CC(Cl)=CN(CCCS(=O)(=O)O)C2=N/C1=C/C=C(Br)/C=C/C1=[N+](CCCS(=O)(=O)O)c2ccc3c(S(=O)(=O)O)cc(S(=O)(=O)O)cc3c2C1(C)C. The Kier molecular flexibility index (Phi) is 11.8. The van der Waals surface area contributed by atoms with Gasteiger partial charge in [0.05, 0.1) is 32.5 Å². The second kappa shape index (κ2) is 15.0. The average molecular weight is 924 g/mol. The highest BCUT2D eigenvalue weighted by Crippen LogP contribution is 2.47. The molecule has 0 amide bonds. The Labute approximate surface area is 333 Å². The third kappa shape index (κ3) is 9.40. The van der Waals surface area contributed by atoms with Crippen LogP contribution >= 0.6 is 27.5 Å². The summed E-state index contributed by atoms with van der Waals surface area (Å²) >= 11 is 9.98. The Morgan fingerprint density at radius 3 is 2.13 bits per heavy atom. The molecule has 0 unspecified atom stereocenters. The second-order valence-corrected chi connectivity index (χ2v) is 21.4. The van der Waals surface area contributed by atoms with Crippen LogP contribution in [-0.4, -0.2) is 97.5 Å². The molecule has 55 heavy (non-hydrogen) atoms. The lowest BCUT2D eigenvalue weighted by Crippen LogP contribution is -2.32. The molecule has 0 saturated heterocycles. The van der Waals surface area contributed by atoms with E-state index in [4.69, 9.17) is 16.6 Å². The van der Waals surface area contributed by atoms with Crippen LogP contribution in [0, 0.1) is 5.41 Å². The summed E-state index contributed by atoms with van der Waals surface area (Å²) in [6.07, 6.45) is 10.5. The molecule has 15 nitrogen and oxygen atoms in total. The van der Waals surface area contributed by atoms with E-state index in [1.165, 1.54) is 6.07 Å². The molecule has 5 rings (SSSR count). The summed E-state index contributed by atoms with van der Waals surface area (Å²) in [5.41, 5.74) is 1.31. The van der Waals surface area contributed by atoms with Gasteiger partial charge in [-0.25, -0.2) is 4.99 Å². The first-order chi connectivity index (χ1) is 25.1. The first-order valence-electron chi connectivity index (χ1n) is 16.4. The van der Waals surface area contributed by atoms with Crippen molar-refractivity contribution in [3.05, 3.63) is 87.2 Å². The Hall–Kier alpha value is -3.05. The van der Waals surface area contributed by atoms with Crippen molar-refractivity contribution in [1.29, 1.82) is 0 Å². The number of halogens is 2. The Morgan fingerprint density at radius 2 is 1.53 bits per heavy atom. The van der Waals surface area contributed by atoms with E-state index < -0.39 is 72.6 Å². The molecule has 0 aromatic heterocycles. The van der Waals surface area contributed by atoms with Crippen molar-refractivity contribution in [3.8, 4) is 0 Å². The number of nitrogens with zero attached hydrogens (tertiary/aromatic N) is 3. The van der Waals surface area contributed by atoms with E-state index in [1.807, 2.05) is 13.8 Å². The highest BCUT2D eigenvalue weighted by molar-refractivity contribution is 9.11. The average Bonchev–Trinajstić information content (AvgIpc) is 3.41. The van der Waals surface area contributed by atoms with Crippen LogP contribution in [0.4, 0.5) is 5.69 Å². The number of rotatable bonds is 13. The fourth-order valence-electron chi connectivity index (χ4n) is 6.93. The van der Waals surface area contributed by atoms with Crippen LogP contribution in [-0.2, 0) is 45.9 Å². The van der Waals surface area contributed by atoms with Gasteiger partial charge in [0.25, 0.3) is 40.5 Å². The van der Waals surface area contributed by atoms with Crippen LogP contribution in [0.15, 0.2) is 96.4 Å². The zero-order valence-electron chi connectivity index (χ0n) is 29.8. The van der Waals surface area contributed by atoms with E-state index in [2.05, 4.69) is 15.9 Å². The summed E-state index contributed by atoms with van der Waals surface area (Å²) < 4.78 is 136. The molecule has 21 heteroatoms. The van der Waals surface area contributed by atoms with Gasteiger partial charge in [0.15, 0.2) is 5.71 Å². The molecule has 298 valence electrons. The lowest BCUT2D eigenvalue weighted by Gasteiger charge is -2.29. The van der Waals surface area contributed by atoms with Crippen LogP contribution in [0.3, 0.4) is 0 Å². The van der Waals surface area contributed by atoms with Crippen molar-refractivity contribution in [1.82, 2.24) is 4.90 Å². The fourth-order valence-corrected chi connectivity index (χ4v) is 9.75. The second-order valence-electron chi connectivity index (χ2n) is 14.1. The van der Waals surface area contributed by atoms with E-state index in [-0.39, 0.29) is 36.7 Å². The van der Waals surface area contributed by atoms with Crippen molar-refractivity contribution in [2.75, 3.05) is 24.6 Å². The van der Waals surface area contributed by atoms with Crippen molar-refractivity contribution < 1.29 is 56.5 Å². The van der Waals surface area contributed by atoms with Crippen molar-refractivity contribution in [2.45, 2.75) is 55.7 Å². The molecule has 4 N–H and O–H groups in total. The van der Waals surface area contributed by atoms with Gasteiger partial charge in [-0.2, -0.15) is 38.2 Å². The lowest BCUT2D eigenvalue weighted by atomic mass is 9.79. The number of aliphatic imine (C=N–C) groups is 1. The molecule has 2 aromatic carbocycles. The van der Waals surface area contributed by atoms with E-state index >= 15 is 0 Å². The molecule has 0 saturated carbocycles. The van der Waals surface area contributed by atoms with Crippen LogP contribution in [0.25, 0.3) is 10.8 Å². The smallest absolute Gasteiger partial charge is 0.295 e. The zero-order valence-corrected chi connectivity index (χ0v) is 35.4. The maximum Gasteiger partial charge on any atom is 0.295 e. The number of amidine groups is 1. The zero-order chi connectivity index (χ0) is 41.1. The third-order valence-electron chi connectivity index (χ3n) is 9.47. The van der Waals surface area contributed by atoms with Crippen LogP contribution in [0.2, 0.25) is 0 Å². The van der Waals surface area contributed by atoms with Gasteiger partial charge in [0, 0.05) is 57.7 Å². The topological polar surface area (TPSA) is 236 Å². The Bertz CT molecular complexity index is 2680. The van der Waals surface area contributed by atoms with Gasteiger partial charge in [0.2, 0.25) is 5.69 Å². The van der Waals surface area contributed by atoms with Gasteiger partial charge in [-0.15, -0.1) is 0 Å². The van der Waals surface area contributed by atoms with Gasteiger partial charge in [0.1, 0.15) is 17.3 Å². The van der Waals surface area contributed by atoms with Crippen molar-refractivity contribution in [2.24, 2.45) is 10.4 Å². The number of hydrogen-bond acceptors (Lipinski definition) is 10. The summed E-state index contributed by atoms with van der Waals surface area (Å²) in [5.74, 6) is -0.408. The van der Waals surface area contributed by atoms with E-state index in [1.54, 1.807) is 66.0 Å². The monoisotopic (exact) mass is 922 g/mol. The van der Waals surface area contributed by atoms with E-state index in [9.17, 15) is 51.9 Å². The molecule has 0 atom stereocenters. The molecule has 3 aliphatic heterocycles. The fraction of sp³-hybridized carbons (Fsp3) is 0.353. The third-order valence-corrected chi connectivity index (χ3v) is 13.5. The normalized spacial score (nSPS) is 19.6. The minimum atomic E-state index is -4.97. The molecule has 3 aliphatic rings. The van der Waals surface area contributed by atoms with Gasteiger partial charge < -0.3 is 4.90 Å². The first-order valence-corrected chi connectivity index (χ1v) is 23.7. The number of fused-ring (bicyclic) bond motifs is 4. The molecule has 0 spiro atoms. The maximum absolute atomic E-state index is 12.4. The first kappa shape index (κ1) is 43.1. The predicted octanol–water partition coefficient (Wildman–Crippen LogP) is 5.74. The molecule has 0 fully saturated rings. The molecule has 0 aliphatic carbocycles.